The number of nitrogens with one attached hydrogen (secondary N) is 2. The largest absolute Gasteiger partial charge is 0.491 e. The molecular weight excluding hydrogens is 348 g/mol. The number of para-hydroxylation sites is 1. The minimum Gasteiger partial charge on any atom is -0.491 e. The Bertz CT molecular complexity index is 673. The molecule has 1 unspecified atom stereocenters. The van der Waals surface area contributed by atoms with Gasteiger partial charge in [-0.05, 0) is 43.5 Å². The second-order valence-corrected chi connectivity index (χ2v) is 6.46. The van der Waals surface area contributed by atoms with Gasteiger partial charge in [-0.2, -0.15) is 0 Å². The molecule has 1 aliphatic rings. The van der Waals surface area contributed by atoms with E-state index in [1.165, 1.54) is 6.42 Å². The van der Waals surface area contributed by atoms with Crippen molar-refractivity contribution in [3.8, 4) is 16.9 Å². The zero-order valence-electron chi connectivity index (χ0n) is 14.9. The van der Waals surface area contributed by atoms with Gasteiger partial charge in [-0.3, -0.25) is 4.79 Å². The number of ether oxygens (including phenoxy) is 1. The van der Waals surface area contributed by atoms with Gasteiger partial charge in [-0.25, -0.2) is 0 Å². The van der Waals surface area contributed by atoms with E-state index >= 15 is 0 Å². The molecule has 0 spiro atoms. The molecule has 4 nitrogen and oxygen atoms in total. The topological polar surface area (TPSA) is 50.4 Å². The summed E-state index contributed by atoms with van der Waals surface area (Å²) in [5.74, 6) is 1.62. The number of carbonyl (C=O) groups is 1. The molecule has 0 radical (unpaired) electrons. The second kappa shape index (κ2) is 10.8. The molecule has 1 amide bonds. The van der Waals surface area contributed by atoms with Crippen LogP contribution in [-0.4, -0.2) is 32.1 Å². The van der Waals surface area contributed by atoms with E-state index in [-0.39, 0.29) is 18.3 Å². The number of carbonyl (C=O) groups excluding carboxylic acids is 1. The van der Waals surface area contributed by atoms with Crippen molar-refractivity contribution >= 4 is 18.3 Å². The third-order valence-electron chi connectivity index (χ3n) is 4.60. The normalized spacial score (nSPS) is 15.9. The van der Waals surface area contributed by atoms with Gasteiger partial charge in [0.15, 0.2) is 0 Å². The highest BCUT2D eigenvalue weighted by Gasteiger charge is 2.15. The monoisotopic (exact) mass is 374 g/mol. The summed E-state index contributed by atoms with van der Waals surface area (Å²) in [6.45, 7) is 3.14. The van der Waals surface area contributed by atoms with E-state index in [1.807, 2.05) is 36.4 Å². The molecule has 2 aromatic carbocycles. The summed E-state index contributed by atoms with van der Waals surface area (Å²) < 4.78 is 5.90. The molecule has 1 atom stereocenters. The molecule has 26 heavy (non-hydrogen) atoms. The third-order valence-corrected chi connectivity index (χ3v) is 4.60. The van der Waals surface area contributed by atoms with Crippen LogP contribution in [0.2, 0.25) is 0 Å². The molecule has 0 aromatic heterocycles. The van der Waals surface area contributed by atoms with Gasteiger partial charge in [0.1, 0.15) is 12.4 Å². The lowest BCUT2D eigenvalue weighted by Crippen LogP contribution is -2.28. The van der Waals surface area contributed by atoms with E-state index in [1.54, 1.807) is 0 Å². The fourth-order valence-electron chi connectivity index (χ4n) is 3.18. The smallest absolute Gasteiger partial charge is 0.220 e. The zero-order valence-corrected chi connectivity index (χ0v) is 15.8. The summed E-state index contributed by atoms with van der Waals surface area (Å²) in [5.41, 5.74) is 2.20. The molecule has 5 heteroatoms. The van der Waals surface area contributed by atoms with Crippen molar-refractivity contribution in [1.82, 2.24) is 10.6 Å². The van der Waals surface area contributed by atoms with Crippen LogP contribution >= 0.6 is 12.4 Å². The third kappa shape index (κ3) is 6.04. The van der Waals surface area contributed by atoms with Crippen molar-refractivity contribution in [2.45, 2.75) is 19.3 Å². The van der Waals surface area contributed by atoms with Crippen LogP contribution in [0.4, 0.5) is 0 Å². The van der Waals surface area contributed by atoms with Crippen LogP contribution in [-0.2, 0) is 4.79 Å². The van der Waals surface area contributed by atoms with Gasteiger partial charge < -0.3 is 15.4 Å². The highest BCUT2D eigenvalue weighted by atomic mass is 35.5. The lowest BCUT2D eigenvalue weighted by atomic mass is 10.0. The molecule has 2 N–H and O–H groups in total. The van der Waals surface area contributed by atoms with Crippen molar-refractivity contribution in [2.24, 2.45) is 5.92 Å². The van der Waals surface area contributed by atoms with Crippen molar-refractivity contribution in [2.75, 3.05) is 26.2 Å². The number of benzene rings is 2. The van der Waals surface area contributed by atoms with Gasteiger partial charge in [0.05, 0.1) is 6.54 Å². The van der Waals surface area contributed by atoms with Gasteiger partial charge in [-0.15, -0.1) is 12.4 Å². The first-order valence-electron chi connectivity index (χ1n) is 9.07. The number of amides is 1. The molecule has 140 valence electrons. The quantitative estimate of drug-likeness (QED) is 0.693. The Morgan fingerprint density at radius 2 is 1.88 bits per heavy atom. The first kappa shape index (κ1) is 20.3. The molecule has 1 fully saturated rings. The van der Waals surface area contributed by atoms with Gasteiger partial charge in [0.2, 0.25) is 5.91 Å². The van der Waals surface area contributed by atoms with E-state index in [0.29, 0.717) is 25.5 Å². The van der Waals surface area contributed by atoms with Crippen molar-refractivity contribution in [3.05, 3.63) is 54.6 Å². The Morgan fingerprint density at radius 1 is 1.12 bits per heavy atom. The standard InChI is InChI=1S/C21H26N2O2.ClH/c24-21(11-10-17-12-13-22-16-17)23-14-15-25-20-9-5-4-8-19(20)18-6-2-1-3-7-18;/h1-9,17,22H,10-16H2,(H,23,24);1H. The van der Waals surface area contributed by atoms with E-state index in [2.05, 4.69) is 28.8 Å². The van der Waals surface area contributed by atoms with Crippen molar-refractivity contribution < 1.29 is 9.53 Å². The van der Waals surface area contributed by atoms with Crippen LogP contribution in [0.15, 0.2) is 54.6 Å². The van der Waals surface area contributed by atoms with Crippen molar-refractivity contribution in [3.63, 3.8) is 0 Å². The summed E-state index contributed by atoms with van der Waals surface area (Å²) in [5, 5.41) is 6.29. The summed E-state index contributed by atoms with van der Waals surface area (Å²) in [6, 6.07) is 18.2. The van der Waals surface area contributed by atoms with Gasteiger partial charge in [0, 0.05) is 12.0 Å². The lowest BCUT2D eigenvalue weighted by molar-refractivity contribution is -0.121. The SMILES string of the molecule is Cl.O=C(CCC1CCNC1)NCCOc1ccccc1-c1ccccc1. The fourth-order valence-corrected chi connectivity index (χ4v) is 3.18. The number of halogens is 1. The highest BCUT2D eigenvalue weighted by molar-refractivity contribution is 5.85. The average Bonchev–Trinajstić information content (AvgIpc) is 3.18. The van der Waals surface area contributed by atoms with Gasteiger partial charge in [-0.1, -0.05) is 48.5 Å². The second-order valence-electron chi connectivity index (χ2n) is 6.46. The van der Waals surface area contributed by atoms with E-state index in [4.69, 9.17) is 4.74 Å². The Balaban J connectivity index is 0.00000243. The van der Waals surface area contributed by atoms with Crippen LogP contribution in [0.25, 0.3) is 11.1 Å². The minimum atomic E-state index is 0. The fraction of sp³-hybridized carbons (Fsp3) is 0.381. The summed E-state index contributed by atoms with van der Waals surface area (Å²) >= 11 is 0. The summed E-state index contributed by atoms with van der Waals surface area (Å²) in [4.78, 5) is 11.9. The van der Waals surface area contributed by atoms with E-state index in [9.17, 15) is 4.79 Å². The molecule has 0 saturated carbocycles. The molecule has 2 aromatic rings. The molecule has 0 aliphatic carbocycles. The molecule has 1 saturated heterocycles. The maximum atomic E-state index is 11.9. The Labute approximate surface area is 161 Å². The first-order chi connectivity index (χ1) is 12.3. The molecule has 1 heterocycles. The zero-order chi connectivity index (χ0) is 17.3. The number of hydrogen-bond acceptors (Lipinski definition) is 3. The van der Waals surface area contributed by atoms with Crippen LogP contribution in [0, 0.1) is 5.92 Å². The van der Waals surface area contributed by atoms with Crippen LogP contribution in [0.3, 0.4) is 0 Å². The summed E-state index contributed by atoms with van der Waals surface area (Å²) in [7, 11) is 0. The summed E-state index contributed by atoms with van der Waals surface area (Å²) in [6.07, 6.45) is 2.76. The Kier molecular flexibility index (Phi) is 8.45. The molecular formula is C21H27ClN2O2. The average molecular weight is 375 g/mol. The predicted octanol–water partition coefficient (Wildman–Crippen LogP) is 3.66. The Hall–Kier alpha value is -2.04. The number of hydrogen-bond donors (Lipinski definition) is 2. The lowest BCUT2D eigenvalue weighted by Gasteiger charge is -2.12. The number of rotatable bonds is 8. The van der Waals surface area contributed by atoms with Gasteiger partial charge >= 0.3 is 0 Å². The van der Waals surface area contributed by atoms with Crippen LogP contribution in [0.1, 0.15) is 19.3 Å². The van der Waals surface area contributed by atoms with E-state index < -0.39 is 0 Å². The van der Waals surface area contributed by atoms with Crippen LogP contribution in [0.5, 0.6) is 5.75 Å². The van der Waals surface area contributed by atoms with Crippen molar-refractivity contribution in [1.29, 1.82) is 0 Å². The maximum Gasteiger partial charge on any atom is 0.220 e. The Morgan fingerprint density at radius 3 is 2.65 bits per heavy atom. The predicted molar refractivity (Wildman–Crippen MR) is 108 cm³/mol. The minimum absolute atomic E-state index is 0. The maximum absolute atomic E-state index is 11.9. The highest BCUT2D eigenvalue weighted by Crippen LogP contribution is 2.29. The van der Waals surface area contributed by atoms with E-state index in [0.717, 1.165) is 36.4 Å². The molecule has 3 rings (SSSR count). The molecule has 1 aliphatic heterocycles. The molecule has 0 bridgehead atoms. The van der Waals surface area contributed by atoms with Gasteiger partial charge in [0.25, 0.3) is 0 Å². The first-order valence-corrected chi connectivity index (χ1v) is 9.07. The van der Waals surface area contributed by atoms with Crippen LogP contribution < -0.4 is 15.4 Å².